The monoisotopic (exact) mass is 474 g/mol. The molecule has 0 aliphatic carbocycles. The minimum Gasteiger partial charge on any atom is -0.380 e. The summed E-state index contributed by atoms with van der Waals surface area (Å²) in [4.78, 5) is 18.2. The van der Waals surface area contributed by atoms with E-state index in [9.17, 15) is 4.79 Å². The molecule has 0 atom stereocenters. The first-order valence-electron chi connectivity index (χ1n) is 9.10. The van der Waals surface area contributed by atoms with Gasteiger partial charge < -0.3 is 20.3 Å². The van der Waals surface area contributed by atoms with E-state index in [1.807, 2.05) is 17.0 Å². The Morgan fingerprint density at radius 3 is 2.69 bits per heavy atom. The lowest BCUT2D eigenvalue weighted by molar-refractivity contribution is -0.127. The second-order valence-corrected chi connectivity index (χ2v) is 6.16. The largest absolute Gasteiger partial charge is 0.380 e. The van der Waals surface area contributed by atoms with Gasteiger partial charge in [0.1, 0.15) is 0 Å². The first kappa shape index (κ1) is 22.7. The summed E-state index contributed by atoms with van der Waals surface area (Å²) in [5, 5.41) is 6.62. The van der Waals surface area contributed by atoms with Crippen molar-refractivity contribution in [3.63, 3.8) is 0 Å². The Morgan fingerprint density at radius 2 is 2.04 bits per heavy atom. The van der Waals surface area contributed by atoms with Gasteiger partial charge in [-0.25, -0.2) is 4.99 Å². The Kier molecular flexibility index (Phi) is 11.3. The molecule has 146 valence electrons. The van der Waals surface area contributed by atoms with E-state index in [0.717, 1.165) is 50.5 Å². The number of aliphatic imine (C=N–C) groups is 1. The van der Waals surface area contributed by atoms with Crippen LogP contribution in [0.2, 0.25) is 0 Å². The maximum atomic E-state index is 11.6. The highest BCUT2D eigenvalue weighted by Gasteiger charge is 2.18. The zero-order valence-electron chi connectivity index (χ0n) is 15.8. The summed E-state index contributed by atoms with van der Waals surface area (Å²) in [5.74, 6) is 1.10. The average molecular weight is 474 g/mol. The SMILES string of the molecule is CCNC(=NCc1ccccc1COC)NCCCN1CCCC1=O.I. The number of guanidine groups is 1. The second kappa shape index (κ2) is 12.9. The first-order chi connectivity index (χ1) is 12.2. The highest BCUT2D eigenvalue weighted by Crippen LogP contribution is 2.11. The van der Waals surface area contributed by atoms with E-state index in [1.54, 1.807) is 7.11 Å². The highest BCUT2D eigenvalue weighted by atomic mass is 127. The molecule has 1 aliphatic rings. The van der Waals surface area contributed by atoms with Gasteiger partial charge in [0.15, 0.2) is 5.96 Å². The van der Waals surface area contributed by atoms with E-state index in [2.05, 4.69) is 34.7 Å². The zero-order valence-corrected chi connectivity index (χ0v) is 18.1. The molecule has 2 N–H and O–H groups in total. The van der Waals surface area contributed by atoms with E-state index in [-0.39, 0.29) is 29.9 Å². The van der Waals surface area contributed by atoms with Crippen LogP contribution in [0.3, 0.4) is 0 Å². The zero-order chi connectivity index (χ0) is 17.9. The van der Waals surface area contributed by atoms with Crippen LogP contribution in [0, 0.1) is 0 Å². The van der Waals surface area contributed by atoms with Crippen LogP contribution in [-0.4, -0.2) is 50.1 Å². The molecule has 0 radical (unpaired) electrons. The summed E-state index contributed by atoms with van der Waals surface area (Å²) in [6, 6.07) is 8.20. The van der Waals surface area contributed by atoms with Crippen molar-refractivity contribution < 1.29 is 9.53 Å². The van der Waals surface area contributed by atoms with Crippen molar-refractivity contribution in [1.29, 1.82) is 0 Å². The van der Waals surface area contributed by atoms with Gasteiger partial charge >= 0.3 is 0 Å². The van der Waals surface area contributed by atoms with Gasteiger partial charge in [0.2, 0.25) is 5.91 Å². The lowest BCUT2D eigenvalue weighted by Gasteiger charge is -2.16. The molecule has 6 nitrogen and oxygen atoms in total. The summed E-state index contributed by atoms with van der Waals surface area (Å²) in [5.41, 5.74) is 2.33. The van der Waals surface area contributed by atoms with Crippen LogP contribution in [0.1, 0.15) is 37.3 Å². The van der Waals surface area contributed by atoms with Gasteiger partial charge in [-0.3, -0.25) is 4.79 Å². The van der Waals surface area contributed by atoms with Crippen molar-refractivity contribution in [2.24, 2.45) is 4.99 Å². The van der Waals surface area contributed by atoms with Gasteiger partial charge in [0, 0.05) is 39.7 Å². The topological polar surface area (TPSA) is 66.0 Å². The number of nitrogens with zero attached hydrogens (tertiary/aromatic N) is 2. The molecule has 1 aromatic carbocycles. The number of halogens is 1. The Morgan fingerprint density at radius 1 is 1.27 bits per heavy atom. The standard InChI is InChI=1S/C19H30N4O2.HI/c1-3-20-19(21-11-7-13-23-12-6-10-18(23)24)22-14-16-8-4-5-9-17(16)15-25-2;/h4-5,8-9H,3,6-7,10-15H2,1-2H3,(H2,20,21,22);1H. The Hall–Kier alpha value is -1.35. The van der Waals surface area contributed by atoms with Crippen molar-refractivity contribution in [3.05, 3.63) is 35.4 Å². The lowest BCUT2D eigenvalue weighted by Crippen LogP contribution is -2.39. The number of rotatable bonds is 9. The molecule has 1 saturated heterocycles. The van der Waals surface area contributed by atoms with E-state index in [1.165, 1.54) is 5.56 Å². The molecule has 0 aromatic heterocycles. The van der Waals surface area contributed by atoms with Crippen LogP contribution in [0.25, 0.3) is 0 Å². The average Bonchev–Trinajstić information content (AvgIpc) is 3.03. The highest BCUT2D eigenvalue weighted by molar-refractivity contribution is 14.0. The van der Waals surface area contributed by atoms with E-state index in [4.69, 9.17) is 4.74 Å². The fourth-order valence-corrected chi connectivity index (χ4v) is 2.93. The molecule has 1 aliphatic heterocycles. The molecular formula is C19H31IN4O2. The summed E-state index contributed by atoms with van der Waals surface area (Å²) >= 11 is 0. The number of benzene rings is 1. The summed E-state index contributed by atoms with van der Waals surface area (Å²) in [6.45, 7) is 6.61. The van der Waals surface area contributed by atoms with Crippen molar-refractivity contribution in [2.45, 2.75) is 39.3 Å². The van der Waals surface area contributed by atoms with Gasteiger partial charge in [-0.15, -0.1) is 24.0 Å². The molecule has 1 aromatic rings. The molecule has 2 rings (SSSR count). The third-order valence-corrected chi connectivity index (χ3v) is 4.24. The summed E-state index contributed by atoms with van der Waals surface area (Å²) in [7, 11) is 1.71. The number of methoxy groups -OCH3 is 1. The van der Waals surface area contributed by atoms with E-state index >= 15 is 0 Å². The molecule has 0 bridgehead atoms. The molecule has 1 fully saturated rings. The molecule has 1 amide bonds. The van der Waals surface area contributed by atoms with Crippen LogP contribution >= 0.6 is 24.0 Å². The molecule has 0 unspecified atom stereocenters. The van der Waals surface area contributed by atoms with Gasteiger partial charge in [-0.05, 0) is 30.9 Å². The Balaban J connectivity index is 0.00000338. The predicted octanol–water partition coefficient (Wildman–Crippen LogP) is 2.52. The third-order valence-electron chi connectivity index (χ3n) is 4.24. The predicted molar refractivity (Wildman–Crippen MR) is 116 cm³/mol. The molecule has 0 spiro atoms. The van der Waals surface area contributed by atoms with Crippen molar-refractivity contribution >= 4 is 35.8 Å². The molecule has 7 heteroatoms. The van der Waals surface area contributed by atoms with Gasteiger partial charge in [0.05, 0.1) is 13.2 Å². The van der Waals surface area contributed by atoms with Crippen LogP contribution in [0.15, 0.2) is 29.3 Å². The Bertz CT molecular complexity index is 580. The van der Waals surface area contributed by atoms with E-state index < -0.39 is 0 Å². The number of nitrogens with one attached hydrogen (secondary N) is 2. The quantitative estimate of drug-likeness (QED) is 0.250. The number of likely N-dealkylation sites (tertiary alicyclic amines) is 1. The van der Waals surface area contributed by atoms with Crippen LogP contribution < -0.4 is 10.6 Å². The smallest absolute Gasteiger partial charge is 0.222 e. The number of amides is 1. The van der Waals surface area contributed by atoms with Crippen LogP contribution in [0.5, 0.6) is 0 Å². The van der Waals surface area contributed by atoms with Crippen LogP contribution in [0.4, 0.5) is 0 Å². The molecule has 0 saturated carbocycles. The maximum Gasteiger partial charge on any atom is 0.222 e. The fourth-order valence-electron chi connectivity index (χ4n) is 2.93. The number of hydrogen-bond acceptors (Lipinski definition) is 3. The minimum absolute atomic E-state index is 0. The molecule has 26 heavy (non-hydrogen) atoms. The Labute approximate surface area is 173 Å². The minimum atomic E-state index is 0. The van der Waals surface area contributed by atoms with Crippen molar-refractivity contribution in [1.82, 2.24) is 15.5 Å². The second-order valence-electron chi connectivity index (χ2n) is 6.16. The summed E-state index contributed by atoms with van der Waals surface area (Å²) in [6.07, 6.45) is 2.63. The van der Waals surface area contributed by atoms with E-state index in [0.29, 0.717) is 19.6 Å². The molecular weight excluding hydrogens is 443 g/mol. The van der Waals surface area contributed by atoms with Crippen LogP contribution in [-0.2, 0) is 22.7 Å². The van der Waals surface area contributed by atoms with Crippen molar-refractivity contribution in [2.75, 3.05) is 33.3 Å². The number of hydrogen-bond donors (Lipinski definition) is 2. The first-order valence-corrected chi connectivity index (χ1v) is 9.10. The van der Waals surface area contributed by atoms with Gasteiger partial charge in [-0.1, -0.05) is 24.3 Å². The third kappa shape index (κ3) is 7.49. The number of carbonyl (C=O) groups is 1. The maximum absolute atomic E-state index is 11.6. The molecule has 1 heterocycles. The van der Waals surface area contributed by atoms with Gasteiger partial charge in [-0.2, -0.15) is 0 Å². The van der Waals surface area contributed by atoms with Crippen molar-refractivity contribution in [3.8, 4) is 0 Å². The fraction of sp³-hybridized carbons (Fsp3) is 0.579. The number of carbonyl (C=O) groups excluding carboxylic acids is 1. The van der Waals surface area contributed by atoms with Gasteiger partial charge in [0.25, 0.3) is 0 Å². The lowest BCUT2D eigenvalue weighted by atomic mass is 10.1. The number of ether oxygens (including phenoxy) is 1. The normalized spacial score (nSPS) is 14.3. The summed E-state index contributed by atoms with van der Waals surface area (Å²) < 4.78 is 5.25.